The lowest BCUT2D eigenvalue weighted by atomic mass is 9.91. The Balaban J connectivity index is 2.31. The number of hydrogen-bond donors (Lipinski definition) is 0. The summed E-state index contributed by atoms with van der Waals surface area (Å²) in [5, 5.41) is 0.686. The van der Waals surface area contributed by atoms with Crippen molar-refractivity contribution in [3.63, 3.8) is 0 Å². The standard InChI is InChI=1S/C14H27O2P/c1-11(2)17-12(3,4)9-14(10-13(17,5)6)15-7-8-16-14/h11H,7-10H2,1-6H3. The van der Waals surface area contributed by atoms with E-state index >= 15 is 0 Å². The first-order valence-electron chi connectivity index (χ1n) is 6.76. The van der Waals surface area contributed by atoms with Crippen LogP contribution >= 0.6 is 7.92 Å². The maximum absolute atomic E-state index is 5.97. The molecular formula is C14H27O2P. The van der Waals surface area contributed by atoms with Crippen LogP contribution in [0.4, 0.5) is 0 Å². The number of hydrogen-bond acceptors (Lipinski definition) is 2. The summed E-state index contributed by atoms with van der Waals surface area (Å²) < 4.78 is 11.9. The Morgan fingerprint density at radius 2 is 1.29 bits per heavy atom. The average molecular weight is 258 g/mol. The number of rotatable bonds is 1. The SMILES string of the molecule is CC(C)P1C(C)(C)CC2(CC1(C)C)OCCO2. The van der Waals surface area contributed by atoms with E-state index in [2.05, 4.69) is 41.5 Å². The van der Waals surface area contributed by atoms with Crippen LogP contribution in [0, 0.1) is 0 Å². The van der Waals surface area contributed by atoms with Crippen molar-refractivity contribution in [1.29, 1.82) is 0 Å². The highest BCUT2D eigenvalue weighted by atomic mass is 31.1. The van der Waals surface area contributed by atoms with Crippen LogP contribution in [0.15, 0.2) is 0 Å². The summed E-state index contributed by atoms with van der Waals surface area (Å²) in [6.45, 7) is 15.9. The minimum atomic E-state index is -0.277. The molecule has 2 aliphatic heterocycles. The summed E-state index contributed by atoms with van der Waals surface area (Å²) in [5.74, 6) is -0.277. The molecule has 1 spiro atoms. The molecule has 0 amide bonds. The first-order chi connectivity index (χ1) is 7.69. The molecule has 2 saturated heterocycles. The van der Waals surface area contributed by atoms with Crippen molar-refractivity contribution in [2.75, 3.05) is 13.2 Å². The van der Waals surface area contributed by atoms with E-state index in [0.717, 1.165) is 31.7 Å². The maximum Gasteiger partial charge on any atom is 0.170 e. The van der Waals surface area contributed by atoms with Crippen molar-refractivity contribution in [2.24, 2.45) is 0 Å². The third-order valence-corrected chi connectivity index (χ3v) is 8.00. The predicted molar refractivity (Wildman–Crippen MR) is 74.1 cm³/mol. The molecule has 2 nitrogen and oxygen atoms in total. The zero-order valence-corrected chi connectivity index (χ0v) is 13.1. The van der Waals surface area contributed by atoms with E-state index < -0.39 is 0 Å². The molecule has 0 radical (unpaired) electrons. The van der Waals surface area contributed by atoms with Crippen LogP contribution in [-0.4, -0.2) is 35.0 Å². The van der Waals surface area contributed by atoms with Crippen LogP contribution in [0.3, 0.4) is 0 Å². The Labute approximate surface area is 107 Å². The van der Waals surface area contributed by atoms with Gasteiger partial charge < -0.3 is 9.47 Å². The molecule has 2 fully saturated rings. The van der Waals surface area contributed by atoms with E-state index in [1.54, 1.807) is 0 Å². The molecule has 0 saturated carbocycles. The molecule has 0 atom stereocenters. The van der Waals surface area contributed by atoms with E-state index in [4.69, 9.17) is 9.47 Å². The van der Waals surface area contributed by atoms with Crippen LogP contribution in [0.25, 0.3) is 0 Å². The van der Waals surface area contributed by atoms with E-state index in [9.17, 15) is 0 Å². The topological polar surface area (TPSA) is 18.5 Å². The largest absolute Gasteiger partial charge is 0.347 e. The van der Waals surface area contributed by atoms with Gasteiger partial charge in [-0.3, -0.25) is 0 Å². The molecule has 2 heterocycles. The predicted octanol–water partition coefficient (Wildman–Crippen LogP) is 3.97. The normalized spacial score (nSPS) is 31.2. The lowest BCUT2D eigenvalue weighted by Gasteiger charge is -2.57. The Morgan fingerprint density at radius 3 is 1.65 bits per heavy atom. The molecule has 100 valence electrons. The molecule has 0 bridgehead atoms. The van der Waals surface area contributed by atoms with Crippen molar-refractivity contribution in [3.8, 4) is 0 Å². The zero-order valence-electron chi connectivity index (χ0n) is 12.2. The summed E-state index contributed by atoms with van der Waals surface area (Å²) in [6, 6.07) is 0. The quantitative estimate of drug-likeness (QED) is 0.662. The van der Waals surface area contributed by atoms with Gasteiger partial charge in [-0.1, -0.05) is 49.5 Å². The van der Waals surface area contributed by atoms with Gasteiger partial charge in [0.1, 0.15) is 0 Å². The second-order valence-corrected chi connectivity index (χ2v) is 11.2. The number of ether oxygens (including phenoxy) is 2. The highest BCUT2D eigenvalue weighted by Crippen LogP contribution is 2.70. The molecule has 3 heteroatoms. The van der Waals surface area contributed by atoms with Gasteiger partial charge in [0.2, 0.25) is 0 Å². The van der Waals surface area contributed by atoms with Crippen LogP contribution in [0.2, 0.25) is 0 Å². The minimum absolute atomic E-state index is 0.0194. The lowest BCUT2D eigenvalue weighted by Crippen LogP contribution is -2.51. The smallest absolute Gasteiger partial charge is 0.170 e. The Hall–Kier alpha value is 0.350. The van der Waals surface area contributed by atoms with Crippen molar-refractivity contribution in [1.82, 2.24) is 0 Å². The van der Waals surface area contributed by atoms with Gasteiger partial charge in [0.25, 0.3) is 0 Å². The first-order valence-corrected chi connectivity index (χ1v) is 8.17. The van der Waals surface area contributed by atoms with Gasteiger partial charge in [0.05, 0.1) is 13.2 Å². The van der Waals surface area contributed by atoms with Crippen molar-refractivity contribution in [2.45, 2.75) is 76.1 Å². The molecular weight excluding hydrogens is 231 g/mol. The van der Waals surface area contributed by atoms with E-state index in [0.29, 0.717) is 10.3 Å². The third kappa shape index (κ3) is 2.41. The minimum Gasteiger partial charge on any atom is -0.347 e. The molecule has 0 aromatic carbocycles. The van der Waals surface area contributed by atoms with Gasteiger partial charge in [-0.05, 0) is 16.0 Å². The van der Waals surface area contributed by atoms with Crippen LogP contribution < -0.4 is 0 Å². The third-order valence-electron chi connectivity index (χ3n) is 4.04. The fraction of sp³-hybridized carbons (Fsp3) is 1.00. The summed E-state index contributed by atoms with van der Waals surface area (Å²) in [6.07, 6.45) is 2.13. The molecule has 17 heavy (non-hydrogen) atoms. The van der Waals surface area contributed by atoms with Gasteiger partial charge in [-0.2, -0.15) is 0 Å². The first kappa shape index (κ1) is 13.8. The average Bonchev–Trinajstić information content (AvgIpc) is 2.45. The summed E-state index contributed by atoms with van der Waals surface area (Å²) in [5.41, 5.74) is 0.772. The fourth-order valence-corrected chi connectivity index (χ4v) is 9.73. The summed E-state index contributed by atoms with van der Waals surface area (Å²) >= 11 is 0. The highest BCUT2D eigenvalue weighted by molar-refractivity contribution is 7.61. The molecule has 0 aromatic rings. The van der Waals surface area contributed by atoms with Crippen molar-refractivity contribution >= 4 is 7.92 Å². The van der Waals surface area contributed by atoms with Gasteiger partial charge in [-0.15, -0.1) is 0 Å². The van der Waals surface area contributed by atoms with E-state index in [-0.39, 0.29) is 13.7 Å². The maximum atomic E-state index is 5.97. The summed E-state index contributed by atoms with van der Waals surface area (Å²) in [7, 11) is -0.0194. The Kier molecular flexibility index (Phi) is 3.39. The van der Waals surface area contributed by atoms with Gasteiger partial charge in [-0.25, -0.2) is 0 Å². The van der Waals surface area contributed by atoms with Crippen molar-refractivity contribution in [3.05, 3.63) is 0 Å². The van der Waals surface area contributed by atoms with Gasteiger partial charge >= 0.3 is 0 Å². The molecule has 0 aliphatic carbocycles. The fourth-order valence-electron chi connectivity index (χ4n) is 4.47. The van der Waals surface area contributed by atoms with Crippen LogP contribution in [0.1, 0.15) is 54.4 Å². The molecule has 2 aliphatic rings. The monoisotopic (exact) mass is 258 g/mol. The van der Waals surface area contributed by atoms with Crippen LogP contribution in [-0.2, 0) is 9.47 Å². The Bertz CT molecular complexity index is 271. The molecule has 0 aromatic heterocycles. The second kappa shape index (κ2) is 4.18. The molecule has 2 rings (SSSR count). The second-order valence-electron chi connectivity index (χ2n) is 7.05. The van der Waals surface area contributed by atoms with Gasteiger partial charge in [0.15, 0.2) is 5.79 Å². The van der Waals surface area contributed by atoms with Crippen LogP contribution in [0.5, 0.6) is 0 Å². The van der Waals surface area contributed by atoms with Crippen molar-refractivity contribution < 1.29 is 9.47 Å². The van der Waals surface area contributed by atoms with E-state index in [1.807, 2.05) is 0 Å². The highest BCUT2D eigenvalue weighted by Gasteiger charge is 2.56. The van der Waals surface area contributed by atoms with Gasteiger partial charge in [0, 0.05) is 12.8 Å². The molecule has 0 N–H and O–H groups in total. The molecule has 0 unspecified atom stereocenters. The lowest BCUT2D eigenvalue weighted by molar-refractivity contribution is -0.178. The van der Waals surface area contributed by atoms with E-state index in [1.165, 1.54) is 0 Å². The zero-order chi connectivity index (χ0) is 12.9. The summed E-state index contributed by atoms with van der Waals surface area (Å²) in [4.78, 5) is 0. The Morgan fingerprint density at radius 1 is 0.882 bits per heavy atom.